The van der Waals surface area contributed by atoms with Gasteiger partial charge in [-0.1, -0.05) is 109 Å². The molecule has 0 aliphatic heterocycles. The average molecular weight is 502 g/mol. The topological polar surface area (TPSA) is 51.8 Å². The second kappa shape index (κ2) is 9.84. The van der Waals surface area contributed by atoms with Crippen molar-refractivity contribution in [2.24, 2.45) is 0 Å². The van der Waals surface area contributed by atoms with Gasteiger partial charge in [0.1, 0.15) is 5.52 Å². The van der Waals surface area contributed by atoms with Crippen molar-refractivity contribution in [2.45, 2.75) is 0 Å². The van der Waals surface area contributed by atoms with E-state index in [1.807, 2.05) is 91.0 Å². The summed E-state index contributed by atoms with van der Waals surface area (Å²) in [6, 6.07) is 46.9. The van der Waals surface area contributed by atoms with Gasteiger partial charge in [0.2, 0.25) is 5.89 Å². The van der Waals surface area contributed by atoms with Gasteiger partial charge in [0, 0.05) is 27.8 Å². The van der Waals surface area contributed by atoms with Crippen LogP contribution in [0.4, 0.5) is 0 Å². The number of benzene rings is 5. The Morgan fingerprint density at radius 3 is 1.69 bits per heavy atom. The first-order chi connectivity index (χ1) is 19.3. The fourth-order valence-electron chi connectivity index (χ4n) is 4.79. The molecule has 7 aromatic rings. The molecule has 2 aromatic heterocycles. The molecule has 4 nitrogen and oxygen atoms in total. The first-order valence-electron chi connectivity index (χ1n) is 12.9. The van der Waals surface area contributed by atoms with Crippen molar-refractivity contribution in [1.29, 1.82) is 0 Å². The summed E-state index contributed by atoms with van der Waals surface area (Å²) in [4.78, 5) is 14.7. The molecule has 0 bridgehead atoms. The SMILES string of the molecule is c1ccc(-c2cc(-c3cccc(-c4cccc5nc(-c6ccccc6)oc45)c3)nc(-c3ccccc3)n2)cc1. The molecule has 0 unspecified atom stereocenters. The molecule has 4 heteroatoms. The van der Waals surface area contributed by atoms with E-state index < -0.39 is 0 Å². The van der Waals surface area contributed by atoms with E-state index in [9.17, 15) is 0 Å². The van der Waals surface area contributed by atoms with Crippen LogP contribution in [0.1, 0.15) is 0 Å². The number of nitrogens with zero attached hydrogens (tertiary/aromatic N) is 3. The summed E-state index contributed by atoms with van der Waals surface area (Å²) < 4.78 is 6.30. The maximum absolute atomic E-state index is 6.30. The molecule has 0 saturated carbocycles. The quantitative estimate of drug-likeness (QED) is 0.236. The van der Waals surface area contributed by atoms with E-state index in [1.165, 1.54) is 0 Å². The Balaban J connectivity index is 1.36. The third kappa shape index (κ3) is 4.49. The van der Waals surface area contributed by atoms with Crippen LogP contribution in [-0.2, 0) is 0 Å². The molecule has 2 heterocycles. The fourth-order valence-corrected chi connectivity index (χ4v) is 4.79. The van der Waals surface area contributed by atoms with Gasteiger partial charge in [0.05, 0.1) is 11.4 Å². The van der Waals surface area contributed by atoms with E-state index in [0.717, 1.165) is 55.9 Å². The molecule has 7 rings (SSSR count). The molecule has 0 amide bonds. The monoisotopic (exact) mass is 501 g/mol. The maximum Gasteiger partial charge on any atom is 0.227 e. The highest BCUT2D eigenvalue weighted by Crippen LogP contribution is 2.35. The van der Waals surface area contributed by atoms with E-state index in [4.69, 9.17) is 19.4 Å². The number of hydrogen-bond donors (Lipinski definition) is 0. The zero-order chi connectivity index (χ0) is 26.0. The number of fused-ring (bicyclic) bond motifs is 1. The van der Waals surface area contributed by atoms with Gasteiger partial charge in [-0.15, -0.1) is 0 Å². The Morgan fingerprint density at radius 2 is 0.974 bits per heavy atom. The van der Waals surface area contributed by atoms with E-state index in [1.54, 1.807) is 0 Å². The third-order valence-electron chi connectivity index (χ3n) is 6.73. The van der Waals surface area contributed by atoms with Crippen LogP contribution in [0.5, 0.6) is 0 Å². The lowest BCUT2D eigenvalue weighted by Gasteiger charge is -2.10. The lowest BCUT2D eigenvalue weighted by Crippen LogP contribution is -1.96. The summed E-state index contributed by atoms with van der Waals surface area (Å²) in [7, 11) is 0. The minimum atomic E-state index is 0.616. The van der Waals surface area contributed by atoms with Crippen LogP contribution in [0.25, 0.3) is 67.6 Å². The molecule has 0 saturated heterocycles. The third-order valence-corrected chi connectivity index (χ3v) is 6.73. The van der Waals surface area contributed by atoms with Crippen LogP contribution in [0.3, 0.4) is 0 Å². The normalized spacial score (nSPS) is 11.1. The lowest BCUT2D eigenvalue weighted by molar-refractivity contribution is 0.621. The largest absolute Gasteiger partial charge is 0.435 e. The minimum Gasteiger partial charge on any atom is -0.435 e. The van der Waals surface area contributed by atoms with Gasteiger partial charge in [-0.3, -0.25) is 0 Å². The fraction of sp³-hybridized carbons (Fsp3) is 0. The summed E-state index contributed by atoms with van der Waals surface area (Å²) >= 11 is 0. The highest BCUT2D eigenvalue weighted by Gasteiger charge is 2.15. The summed E-state index contributed by atoms with van der Waals surface area (Å²) in [5.41, 5.74) is 9.36. The van der Waals surface area contributed by atoms with Gasteiger partial charge >= 0.3 is 0 Å². The molecule has 5 aromatic carbocycles. The number of hydrogen-bond acceptors (Lipinski definition) is 4. The van der Waals surface area contributed by atoms with Crippen molar-refractivity contribution in [3.63, 3.8) is 0 Å². The maximum atomic E-state index is 6.30. The first-order valence-corrected chi connectivity index (χ1v) is 12.9. The number of rotatable bonds is 5. The summed E-state index contributed by atoms with van der Waals surface area (Å²) in [5.74, 6) is 1.31. The Hall–Kier alpha value is -5.35. The average Bonchev–Trinajstić information content (AvgIpc) is 3.47. The molecule has 184 valence electrons. The van der Waals surface area contributed by atoms with Gasteiger partial charge in [0.25, 0.3) is 0 Å². The molecule has 0 atom stereocenters. The predicted molar refractivity (Wildman–Crippen MR) is 157 cm³/mol. The van der Waals surface area contributed by atoms with Crippen LogP contribution in [0, 0.1) is 0 Å². The van der Waals surface area contributed by atoms with Gasteiger partial charge in [-0.2, -0.15) is 0 Å². The van der Waals surface area contributed by atoms with Crippen molar-refractivity contribution in [3.8, 4) is 56.5 Å². The molecule has 0 aliphatic carbocycles. The summed E-state index contributed by atoms with van der Waals surface area (Å²) in [5, 5.41) is 0. The zero-order valence-corrected chi connectivity index (χ0v) is 21.0. The number of para-hydroxylation sites is 1. The second-order valence-electron chi connectivity index (χ2n) is 9.31. The highest BCUT2D eigenvalue weighted by atomic mass is 16.3. The van der Waals surface area contributed by atoms with Crippen LogP contribution in [0.15, 0.2) is 144 Å². The van der Waals surface area contributed by atoms with E-state index in [0.29, 0.717) is 11.7 Å². The molecule has 0 fully saturated rings. The molecule has 0 spiro atoms. The Kier molecular flexibility index (Phi) is 5.76. The van der Waals surface area contributed by atoms with Crippen molar-refractivity contribution in [3.05, 3.63) is 140 Å². The highest BCUT2D eigenvalue weighted by molar-refractivity contribution is 5.92. The molecule has 0 radical (unpaired) electrons. The van der Waals surface area contributed by atoms with Gasteiger partial charge in [-0.25, -0.2) is 15.0 Å². The number of oxazole rings is 1. The number of aromatic nitrogens is 3. The van der Waals surface area contributed by atoms with Crippen LogP contribution in [0.2, 0.25) is 0 Å². The molecule has 39 heavy (non-hydrogen) atoms. The van der Waals surface area contributed by atoms with Crippen molar-refractivity contribution in [2.75, 3.05) is 0 Å². The smallest absolute Gasteiger partial charge is 0.227 e. The van der Waals surface area contributed by atoms with Gasteiger partial charge in [0.15, 0.2) is 11.4 Å². The van der Waals surface area contributed by atoms with Crippen LogP contribution >= 0.6 is 0 Å². The first kappa shape index (κ1) is 22.8. The molecule has 0 aliphatic rings. The van der Waals surface area contributed by atoms with E-state index in [2.05, 4.69) is 48.5 Å². The summed E-state index contributed by atoms with van der Waals surface area (Å²) in [6.45, 7) is 0. The van der Waals surface area contributed by atoms with E-state index >= 15 is 0 Å². The Bertz CT molecular complexity index is 1840. The van der Waals surface area contributed by atoms with Gasteiger partial charge < -0.3 is 4.42 Å². The second-order valence-corrected chi connectivity index (χ2v) is 9.31. The standard InChI is InChI=1S/C35H23N3O/c1-4-12-24(13-5-1)31-23-32(37-34(36-31)25-14-6-2-7-15-25)28-19-10-18-27(22-28)29-20-11-21-30-33(29)39-35(38-30)26-16-8-3-9-17-26/h1-23H. The van der Waals surface area contributed by atoms with Crippen molar-refractivity contribution >= 4 is 11.1 Å². The minimum absolute atomic E-state index is 0.616. The van der Waals surface area contributed by atoms with Crippen LogP contribution in [-0.4, -0.2) is 15.0 Å². The zero-order valence-electron chi connectivity index (χ0n) is 21.0. The Labute approximate surface area is 226 Å². The van der Waals surface area contributed by atoms with E-state index in [-0.39, 0.29) is 0 Å². The predicted octanol–water partition coefficient (Wildman–Crippen LogP) is 8.95. The molecule has 0 N–H and O–H groups in total. The molecular formula is C35H23N3O. The summed E-state index contributed by atoms with van der Waals surface area (Å²) in [6.07, 6.45) is 0. The Morgan fingerprint density at radius 1 is 0.410 bits per heavy atom. The van der Waals surface area contributed by atoms with Gasteiger partial charge in [-0.05, 0) is 35.9 Å². The van der Waals surface area contributed by atoms with Crippen molar-refractivity contribution in [1.82, 2.24) is 15.0 Å². The van der Waals surface area contributed by atoms with Crippen molar-refractivity contribution < 1.29 is 4.42 Å². The lowest BCUT2D eigenvalue weighted by atomic mass is 10.00. The van der Waals surface area contributed by atoms with Crippen LogP contribution < -0.4 is 0 Å². The molecular weight excluding hydrogens is 478 g/mol.